The fourth-order valence-corrected chi connectivity index (χ4v) is 3.50. The van der Waals surface area contributed by atoms with Crippen LogP contribution in [-0.2, 0) is 22.5 Å². The van der Waals surface area contributed by atoms with Gasteiger partial charge < -0.3 is 19.9 Å². The first-order chi connectivity index (χ1) is 13.5. The maximum Gasteiger partial charge on any atom is 0.219 e. The number of methoxy groups -OCH3 is 1. The minimum Gasteiger partial charge on any atom is -0.383 e. The molecule has 1 saturated heterocycles. The van der Waals surface area contributed by atoms with Gasteiger partial charge in [-0.3, -0.25) is 9.79 Å². The van der Waals surface area contributed by atoms with E-state index in [2.05, 4.69) is 39.8 Å². The summed E-state index contributed by atoms with van der Waals surface area (Å²) >= 11 is 0. The molecule has 0 spiro atoms. The van der Waals surface area contributed by atoms with Gasteiger partial charge in [0.1, 0.15) is 12.2 Å². The lowest BCUT2D eigenvalue weighted by Gasteiger charge is -2.37. The maximum atomic E-state index is 11.2. The number of amidine groups is 1. The molecule has 2 aromatic rings. The quantitative estimate of drug-likeness (QED) is 0.559. The number of ether oxygens (including phenoxy) is 1. The van der Waals surface area contributed by atoms with Crippen LogP contribution in [-0.4, -0.2) is 60.9 Å². The molecule has 0 saturated carbocycles. The zero-order chi connectivity index (χ0) is 20.1. The number of nitrogens with two attached hydrogens (primary N) is 1. The molecular formula is C21H29N5O2. The molecular weight excluding hydrogens is 354 g/mol. The van der Waals surface area contributed by atoms with Crippen LogP contribution in [0.5, 0.6) is 0 Å². The number of benzene rings is 1. The lowest BCUT2D eigenvalue weighted by atomic mass is 10.0. The van der Waals surface area contributed by atoms with Gasteiger partial charge in [0.25, 0.3) is 0 Å². The van der Waals surface area contributed by atoms with Crippen molar-refractivity contribution in [2.45, 2.75) is 26.8 Å². The molecule has 1 fully saturated rings. The molecule has 0 atom stereocenters. The zero-order valence-corrected chi connectivity index (χ0v) is 16.9. The van der Waals surface area contributed by atoms with E-state index in [0.717, 1.165) is 31.6 Å². The number of aliphatic imine (C=N–C) groups is 2. The van der Waals surface area contributed by atoms with Crippen LogP contribution in [0.3, 0.4) is 0 Å². The molecule has 28 heavy (non-hydrogen) atoms. The van der Waals surface area contributed by atoms with Gasteiger partial charge in [-0.05, 0) is 30.2 Å². The molecule has 0 aliphatic carbocycles. The first kappa shape index (κ1) is 20.1. The molecule has 1 aliphatic heterocycles. The number of rotatable bonds is 8. The van der Waals surface area contributed by atoms with Crippen LogP contribution in [0.1, 0.15) is 25.0 Å². The van der Waals surface area contributed by atoms with E-state index in [1.807, 2.05) is 11.0 Å². The van der Waals surface area contributed by atoms with E-state index in [4.69, 9.17) is 10.5 Å². The second kappa shape index (κ2) is 9.01. The largest absolute Gasteiger partial charge is 0.383 e. The van der Waals surface area contributed by atoms with Gasteiger partial charge in [0, 0.05) is 68.8 Å². The van der Waals surface area contributed by atoms with Crippen LogP contribution in [0.25, 0.3) is 10.9 Å². The monoisotopic (exact) mass is 383 g/mol. The van der Waals surface area contributed by atoms with E-state index >= 15 is 0 Å². The van der Waals surface area contributed by atoms with E-state index in [-0.39, 0.29) is 5.91 Å². The van der Waals surface area contributed by atoms with Crippen molar-refractivity contribution < 1.29 is 9.53 Å². The Morgan fingerprint density at radius 1 is 1.39 bits per heavy atom. The van der Waals surface area contributed by atoms with Crippen molar-refractivity contribution >= 4 is 29.0 Å². The Labute approximate surface area is 165 Å². The summed E-state index contributed by atoms with van der Waals surface area (Å²) in [4.78, 5) is 21.6. The fraction of sp³-hybridized carbons (Fsp3) is 0.476. The van der Waals surface area contributed by atoms with Gasteiger partial charge in [0.2, 0.25) is 5.91 Å². The number of hydrogen-bond acceptors (Lipinski definition) is 3. The minimum absolute atomic E-state index is 0.125. The molecule has 2 N–H and O–H groups in total. The first-order valence-electron chi connectivity index (χ1n) is 9.71. The summed E-state index contributed by atoms with van der Waals surface area (Å²) < 4.78 is 7.43. The van der Waals surface area contributed by atoms with Crippen LogP contribution >= 0.6 is 0 Å². The molecule has 150 valence electrons. The lowest BCUT2D eigenvalue weighted by molar-refractivity contribution is -0.134. The van der Waals surface area contributed by atoms with E-state index in [0.29, 0.717) is 24.9 Å². The Hall–Kier alpha value is -2.67. The third kappa shape index (κ3) is 4.42. The molecule has 3 rings (SSSR count). The second-order valence-corrected chi connectivity index (χ2v) is 7.21. The summed E-state index contributed by atoms with van der Waals surface area (Å²) in [5, 5.41) is 1.20. The number of fused-ring (bicyclic) bond motifs is 1. The number of aryl methyl sites for hydroxylation is 1. The first-order valence-corrected chi connectivity index (χ1v) is 9.71. The normalized spacial score (nSPS) is 15.5. The fourth-order valence-electron chi connectivity index (χ4n) is 3.50. The van der Waals surface area contributed by atoms with E-state index in [9.17, 15) is 4.79 Å². The number of carbonyl (C=O) groups excluding carboxylic acids is 1. The summed E-state index contributed by atoms with van der Waals surface area (Å²) in [7, 11) is 1.72. The molecule has 1 aromatic carbocycles. The van der Waals surface area contributed by atoms with Gasteiger partial charge in [-0.2, -0.15) is 0 Å². The minimum atomic E-state index is 0.125. The number of hydrogen-bond donors (Lipinski definition) is 1. The summed E-state index contributed by atoms with van der Waals surface area (Å²) in [6.07, 6.45) is 4.67. The zero-order valence-electron chi connectivity index (χ0n) is 16.9. The summed E-state index contributed by atoms with van der Waals surface area (Å²) in [5.41, 5.74) is 9.53. The molecule has 7 nitrogen and oxygen atoms in total. The highest BCUT2D eigenvalue weighted by Crippen LogP contribution is 2.23. The lowest BCUT2D eigenvalue weighted by Crippen LogP contribution is -2.50. The van der Waals surface area contributed by atoms with E-state index < -0.39 is 0 Å². The van der Waals surface area contributed by atoms with Crippen LogP contribution in [0.2, 0.25) is 0 Å². The third-order valence-corrected chi connectivity index (χ3v) is 5.22. The number of aromatic nitrogens is 1. The van der Waals surface area contributed by atoms with Gasteiger partial charge in [-0.1, -0.05) is 6.92 Å². The third-order valence-electron chi connectivity index (χ3n) is 5.22. The topological polar surface area (TPSA) is 85.2 Å². The molecule has 1 amide bonds. The molecule has 2 heterocycles. The predicted octanol–water partition coefficient (Wildman–Crippen LogP) is 2.06. The van der Waals surface area contributed by atoms with Gasteiger partial charge in [0.15, 0.2) is 0 Å². The highest BCUT2D eigenvalue weighted by molar-refractivity contribution is 6.04. The van der Waals surface area contributed by atoms with Crippen molar-refractivity contribution in [3.63, 3.8) is 0 Å². The van der Waals surface area contributed by atoms with Crippen molar-refractivity contribution in [1.29, 1.82) is 0 Å². The van der Waals surface area contributed by atoms with Crippen LogP contribution < -0.4 is 5.73 Å². The van der Waals surface area contributed by atoms with Crippen LogP contribution in [0.15, 0.2) is 34.4 Å². The highest BCUT2D eigenvalue weighted by atomic mass is 16.5. The van der Waals surface area contributed by atoms with Gasteiger partial charge >= 0.3 is 0 Å². The predicted molar refractivity (Wildman–Crippen MR) is 113 cm³/mol. The maximum absolute atomic E-state index is 11.2. The second-order valence-electron chi connectivity index (χ2n) is 7.21. The molecule has 1 aromatic heterocycles. The van der Waals surface area contributed by atoms with Crippen molar-refractivity contribution in [2.75, 3.05) is 33.4 Å². The van der Waals surface area contributed by atoms with Gasteiger partial charge in [-0.15, -0.1) is 0 Å². The summed E-state index contributed by atoms with van der Waals surface area (Å²) in [6.45, 7) is 7.48. The van der Waals surface area contributed by atoms with Gasteiger partial charge in [0.05, 0.1) is 6.61 Å². The van der Waals surface area contributed by atoms with Crippen LogP contribution in [0, 0.1) is 5.92 Å². The molecule has 0 bridgehead atoms. The number of nitrogens with zero attached hydrogens (tertiary/aromatic N) is 4. The summed E-state index contributed by atoms with van der Waals surface area (Å²) in [6, 6.07) is 6.18. The Balaban J connectivity index is 1.67. The average Bonchev–Trinajstić information content (AvgIpc) is 3.01. The van der Waals surface area contributed by atoms with E-state index in [1.54, 1.807) is 14.0 Å². The average molecular weight is 383 g/mol. The van der Waals surface area contributed by atoms with Crippen molar-refractivity contribution in [2.24, 2.45) is 21.6 Å². The Morgan fingerprint density at radius 2 is 2.18 bits per heavy atom. The SMILES string of the molecule is CCc1cn(CCOC)c2ccc(C(N)=NC=NCC3CN(C(C)=O)C3)cc12. The molecule has 7 heteroatoms. The number of amides is 1. The Morgan fingerprint density at radius 3 is 2.86 bits per heavy atom. The molecule has 1 aliphatic rings. The standard InChI is InChI=1S/C21H29N5O2/c1-4-17-13-25(7-8-28-3)20-6-5-18(9-19(17)20)21(22)24-14-23-10-16-11-26(12-16)15(2)27/h5-6,9,13-14,16H,4,7-8,10-12H2,1-3H3,(H2,22,23,24). The number of likely N-dealkylation sites (tertiary alicyclic amines) is 1. The number of carbonyl (C=O) groups is 1. The Kier molecular flexibility index (Phi) is 6.46. The smallest absolute Gasteiger partial charge is 0.219 e. The summed E-state index contributed by atoms with van der Waals surface area (Å²) in [5.74, 6) is 1.00. The molecule has 0 unspecified atom stereocenters. The van der Waals surface area contributed by atoms with Crippen molar-refractivity contribution in [3.8, 4) is 0 Å². The van der Waals surface area contributed by atoms with E-state index in [1.165, 1.54) is 22.8 Å². The Bertz CT molecular complexity index is 894. The highest BCUT2D eigenvalue weighted by Gasteiger charge is 2.27. The van der Waals surface area contributed by atoms with Crippen LogP contribution in [0.4, 0.5) is 0 Å². The molecule has 0 radical (unpaired) electrons. The van der Waals surface area contributed by atoms with Gasteiger partial charge in [-0.25, -0.2) is 4.99 Å². The van der Waals surface area contributed by atoms with Crippen molar-refractivity contribution in [1.82, 2.24) is 9.47 Å². The van der Waals surface area contributed by atoms with Crippen molar-refractivity contribution in [3.05, 3.63) is 35.5 Å².